The first kappa shape index (κ1) is 24.5. The lowest BCUT2D eigenvalue weighted by atomic mass is 9.84. The summed E-state index contributed by atoms with van der Waals surface area (Å²) in [5, 5.41) is 11.4. The molecular weight excluding hydrogens is 418 g/mol. The summed E-state index contributed by atoms with van der Waals surface area (Å²) in [4.78, 5) is 27.6. The van der Waals surface area contributed by atoms with Gasteiger partial charge in [0.15, 0.2) is 0 Å². The number of carbonyl (C=O) groups excluding carboxylic acids is 2. The van der Waals surface area contributed by atoms with Crippen molar-refractivity contribution < 1.29 is 24.2 Å². The van der Waals surface area contributed by atoms with Crippen molar-refractivity contribution in [3.8, 4) is 5.75 Å². The zero-order valence-electron chi connectivity index (χ0n) is 20.3. The zero-order chi connectivity index (χ0) is 24.3. The Morgan fingerprint density at radius 3 is 2.42 bits per heavy atom. The maximum atomic E-state index is 13.2. The maximum Gasteiger partial charge on any atom is 0.295 e. The number of methoxy groups -OCH3 is 1. The third-order valence-electron chi connectivity index (χ3n) is 5.92. The monoisotopic (exact) mass is 451 g/mol. The number of aliphatic hydroxyl groups excluding tert-OH is 1. The lowest BCUT2D eigenvalue weighted by molar-refractivity contribution is -0.140. The minimum Gasteiger partial charge on any atom is -0.507 e. The lowest BCUT2D eigenvalue weighted by Crippen LogP contribution is -2.32. The Hall–Kier alpha value is -3.12. The average Bonchev–Trinajstić information content (AvgIpc) is 3.02. The molecule has 1 aliphatic rings. The molecule has 0 bridgehead atoms. The van der Waals surface area contributed by atoms with Gasteiger partial charge in [0, 0.05) is 24.8 Å². The summed E-state index contributed by atoms with van der Waals surface area (Å²) in [5.41, 5.74) is 2.97. The highest BCUT2D eigenvalue weighted by Gasteiger charge is 2.46. The number of likely N-dealkylation sites (tertiary alicyclic amines) is 1. The minimum atomic E-state index is -0.692. The number of amides is 1. The van der Waals surface area contributed by atoms with Gasteiger partial charge in [-0.15, -0.1) is 0 Å². The van der Waals surface area contributed by atoms with Gasteiger partial charge in [-0.2, -0.15) is 0 Å². The molecule has 176 valence electrons. The fourth-order valence-electron chi connectivity index (χ4n) is 4.22. The predicted octanol–water partition coefficient (Wildman–Crippen LogP) is 4.76. The SMILES string of the molecule is CCOc1ccc(/C(O)=C2\C(=O)C(=O)N(CCOC)C2c2ccccc2C)cc1C(C)(C)C. The van der Waals surface area contributed by atoms with Crippen molar-refractivity contribution in [3.05, 3.63) is 70.3 Å². The van der Waals surface area contributed by atoms with E-state index < -0.39 is 17.7 Å². The van der Waals surface area contributed by atoms with E-state index in [1.54, 1.807) is 13.2 Å². The molecule has 1 heterocycles. The van der Waals surface area contributed by atoms with Gasteiger partial charge in [0.25, 0.3) is 11.7 Å². The van der Waals surface area contributed by atoms with E-state index in [0.717, 1.165) is 22.4 Å². The number of hydrogen-bond acceptors (Lipinski definition) is 5. The van der Waals surface area contributed by atoms with Crippen LogP contribution in [0.1, 0.15) is 56.0 Å². The second kappa shape index (κ2) is 9.79. The highest BCUT2D eigenvalue weighted by atomic mass is 16.5. The molecule has 1 amide bonds. The predicted molar refractivity (Wildman–Crippen MR) is 128 cm³/mol. The molecule has 2 aromatic carbocycles. The van der Waals surface area contributed by atoms with Crippen LogP contribution in [-0.2, 0) is 19.7 Å². The van der Waals surface area contributed by atoms with Crippen LogP contribution in [0, 0.1) is 6.92 Å². The van der Waals surface area contributed by atoms with Gasteiger partial charge >= 0.3 is 0 Å². The molecular formula is C27H33NO5. The summed E-state index contributed by atoms with van der Waals surface area (Å²) in [5.74, 6) is -0.778. The van der Waals surface area contributed by atoms with Crippen LogP contribution in [0.3, 0.4) is 0 Å². The van der Waals surface area contributed by atoms with Crippen LogP contribution in [0.25, 0.3) is 5.76 Å². The minimum absolute atomic E-state index is 0.0921. The van der Waals surface area contributed by atoms with E-state index in [0.29, 0.717) is 12.2 Å². The normalized spacial score (nSPS) is 18.1. The van der Waals surface area contributed by atoms with Crippen molar-refractivity contribution in [1.29, 1.82) is 0 Å². The molecule has 6 nitrogen and oxygen atoms in total. The lowest BCUT2D eigenvalue weighted by Gasteiger charge is -2.26. The first-order valence-corrected chi connectivity index (χ1v) is 11.2. The van der Waals surface area contributed by atoms with Gasteiger partial charge in [-0.3, -0.25) is 9.59 Å². The van der Waals surface area contributed by atoms with Crippen molar-refractivity contribution in [3.63, 3.8) is 0 Å². The Balaban J connectivity index is 2.22. The molecule has 0 aromatic heterocycles. The molecule has 1 fully saturated rings. The van der Waals surface area contributed by atoms with Crippen LogP contribution in [-0.4, -0.2) is 48.6 Å². The quantitative estimate of drug-likeness (QED) is 0.373. The summed E-state index contributed by atoms with van der Waals surface area (Å²) < 4.78 is 11.0. The van der Waals surface area contributed by atoms with E-state index in [-0.39, 0.29) is 29.9 Å². The van der Waals surface area contributed by atoms with Crippen molar-refractivity contribution in [1.82, 2.24) is 4.90 Å². The van der Waals surface area contributed by atoms with E-state index in [9.17, 15) is 14.7 Å². The van der Waals surface area contributed by atoms with Crippen LogP contribution in [0.15, 0.2) is 48.0 Å². The van der Waals surface area contributed by atoms with E-state index in [2.05, 4.69) is 20.8 Å². The Labute approximate surface area is 195 Å². The molecule has 3 rings (SSSR count). The largest absolute Gasteiger partial charge is 0.507 e. The third-order valence-corrected chi connectivity index (χ3v) is 5.92. The molecule has 33 heavy (non-hydrogen) atoms. The first-order chi connectivity index (χ1) is 15.6. The van der Waals surface area contributed by atoms with Crippen LogP contribution in [0.5, 0.6) is 5.75 Å². The summed E-state index contributed by atoms with van der Waals surface area (Å²) >= 11 is 0. The molecule has 1 N–H and O–H groups in total. The average molecular weight is 452 g/mol. The zero-order valence-corrected chi connectivity index (χ0v) is 20.3. The number of aliphatic hydroxyl groups is 1. The van der Waals surface area contributed by atoms with Crippen molar-refractivity contribution in [2.45, 2.75) is 46.1 Å². The smallest absolute Gasteiger partial charge is 0.295 e. The molecule has 6 heteroatoms. The van der Waals surface area contributed by atoms with Gasteiger partial charge in [-0.05, 0) is 48.6 Å². The standard InChI is InChI=1S/C27H33NO5/c1-7-33-21-13-12-18(16-20(21)27(3,4)5)24(29)22-23(19-11-9-8-10-17(19)2)28(14-15-32-6)26(31)25(22)30/h8-13,16,23,29H,7,14-15H2,1-6H3/b24-22+. The van der Waals surface area contributed by atoms with Crippen LogP contribution < -0.4 is 4.74 Å². The first-order valence-electron chi connectivity index (χ1n) is 11.2. The van der Waals surface area contributed by atoms with Gasteiger partial charge in [0.1, 0.15) is 11.5 Å². The van der Waals surface area contributed by atoms with Gasteiger partial charge in [-0.1, -0.05) is 45.0 Å². The Morgan fingerprint density at radius 1 is 1.12 bits per heavy atom. The summed E-state index contributed by atoms with van der Waals surface area (Å²) in [6.45, 7) is 11.1. The summed E-state index contributed by atoms with van der Waals surface area (Å²) in [6.07, 6.45) is 0. The number of carbonyl (C=O) groups is 2. The molecule has 0 aliphatic carbocycles. The number of ketones is 1. The van der Waals surface area contributed by atoms with Gasteiger partial charge in [0.05, 0.1) is 24.8 Å². The Morgan fingerprint density at radius 2 is 1.82 bits per heavy atom. The number of Topliss-reactive ketones (excluding diaryl/α,β-unsaturated/α-hetero) is 1. The maximum absolute atomic E-state index is 13.2. The van der Waals surface area contributed by atoms with Crippen LogP contribution in [0.2, 0.25) is 0 Å². The number of rotatable bonds is 7. The summed E-state index contributed by atoms with van der Waals surface area (Å²) in [6, 6.07) is 12.3. The number of ether oxygens (including phenoxy) is 2. The van der Waals surface area contributed by atoms with E-state index in [1.165, 1.54) is 4.90 Å². The molecule has 2 aromatic rings. The Bertz CT molecular complexity index is 1080. The second-order valence-corrected chi connectivity index (χ2v) is 9.24. The molecule has 0 radical (unpaired) electrons. The highest BCUT2D eigenvalue weighted by molar-refractivity contribution is 6.46. The molecule has 1 unspecified atom stereocenters. The fourth-order valence-corrected chi connectivity index (χ4v) is 4.22. The number of aryl methyl sites for hydroxylation is 1. The van der Waals surface area contributed by atoms with E-state index in [1.807, 2.05) is 50.2 Å². The number of hydrogen-bond donors (Lipinski definition) is 1. The van der Waals surface area contributed by atoms with Crippen LogP contribution >= 0.6 is 0 Å². The topological polar surface area (TPSA) is 76.1 Å². The molecule has 0 saturated carbocycles. The second-order valence-electron chi connectivity index (χ2n) is 9.24. The van der Waals surface area contributed by atoms with E-state index >= 15 is 0 Å². The van der Waals surface area contributed by atoms with E-state index in [4.69, 9.17) is 9.47 Å². The molecule has 0 spiro atoms. The highest BCUT2D eigenvalue weighted by Crippen LogP contribution is 2.41. The molecule has 1 saturated heterocycles. The number of benzene rings is 2. The molecule has 1 atom stereocenters. The van der Waals surface area contributed by atoms with Crippen LogP contribution in [0.4, 0.5) is 0 Å². The molecule has 1 aliphatic heterocycles. The summed E-state index contributed by atoms with van der Waals surface area (Å²) in [7, 11) is 1.55. The van der Waals surface area contributed by atoms with Crippen molar-refractivity contribution >= 4 is 17.4 Å². The number of nitrogens with zero attached hydrogens (tertiary/aromatic N) is 1. The van der Waals surface area contributed by atoms with Gasteiger partial charge in [0.2, 0.25) is 0 Å². The Kier molecular flexibility index (Phi) is 7.28. The third kappa shape index (κ3) is 4.81. The van der Waals surface area contributed by atoms with Gasteiger partial charge in [-0.25, -0.2) is 0 Å². The fraction of sp³-hybridized carbons (Fsp3) is 0.407. The van der Waals surface area contributed by atoms with Crippen molar-refractivity contribution in [2.24, 2.45) is 0 Å². The van der Waals surface area contributed by atoms with Crippen molar-refractivity contribution in [2.75, 3.05) is 26.9 Å². The van der Waals surface area contributed by atoms with Gasteiger partial charge < -0.3 is 19.5 Å².